The summed E-state index contributed by atoms with van der Waals surface area (Å²) in [6, 6.07) is 16.3. The Balaban J connectivity index is 1.66. The zero-order valence-electron chi connectivity index (χ0n) is 14.5. The highest BCUT2D eigenvalue weighted by molar-refractivity contribution is 5.94. The predicted molar refractivity (Wildman–Crippen MR) is 98.4 cm³/mol. The zero-order chi connectivity index (χ0) is 18.2. The molecule has 2 aromatic carbocycles. The number of hydrogen-bond donors (Lipinski definition) is 1. The van der Waals surface area contributed by atoms with Crippen LogP contribution in [0.4, 0.5) is 0 Å². The standard InChI is InChI=1S/C20H21N3O3/c1-25-18-9-7-16(8-10-18)20(24)22-17(13-23-12-11-21-15-23)14-26-19-5-3-2-4-6-19/h2-12,15,17H,13-14H2,1H3,(H,22,24). The lowest BCUT2D eigenvalue weighted by molar-refractivity contribution is 0.0915. The molecule has 0 spiro atoms. The van der Waals surface area contributed by atoms with Crippen molar-refractivity contribution < 1.29 is 14.3 Å². The molecule has 0 saturated carbocycles. The summed E-state index contributed by atoms with van der Waals surface area (Å²) in [5.74, 6) is 1.32. The molecule has 1 unspecified atom stereocenters. The molecule has 0 aliphatic heterocycles. The van der Waals surface area contributed by atoms with Gasteiger partial charge in [0, 0.05) is 24.5 Å². The highest BCUT2D eigenvalue weighted by Gasteiger charge is 2.15. The molecule has 1 aromatic heterocycles. The number of para-hydroxylation sites is 1. The van der Waals surface area contributed by atoms with Crippen molar-refractivity contribution in [2.24, 2.45) is 0 Å². The van der Waals surface area contributed by atoms with E-state index >= 15 is 0 Å². The van der Waals surface area contributed by atoms with Crippen molar-refractivity contribution in [2.75, 3.05) is 13.7 Å². The summed E-state index contributed by atoms with van der Waals surface area (Å²) in [4.78, 5) is 16.6. The van der Waals surface area contributed by atoms with Crippen molar-refractivity contribution in [1.29, 1.82) is 0 Å². The summed E-state index contributed by atoms with van der Waals surface area (Å²) >= 11 is 0. The van der Waals surface area contributed by atoms with Crippen LogP contribution in [0.5, 0.6) is 11.5 Å². The van der Waals surface area contributed by atoms with Crippen LogP contribution in [0.2, 0.25) is 0 Å². The Labute approximate surface area is 152 Å². The Bertz CT molecular complexity index is 802. The summed E-state index contributed by atoms with van der Waals surface area (Å²) in [6.45, 7) is 0.915. The maximum Gasteiger partial charge on any atom is 0.251 e. The molecule has 0 aliphatic rings. The van der Waals surface area contributed by atoms with Gasteiger partial charge in [-0.3, -0.25) is 4.79 Å². The third kappa shape index (κ3) is 4.86. The first-order chi connectivity index (χ1) is 12.7. The first kappa shape index (κ1) is 17.5. The van der Waals surface area contributed by atoms with E-state index in [4.69, 9.17) is 9.47 Å². The number of carbonyl (C=O) groups is 1. The lowest BCUT2D eigenvalue weighted by Gasteiger charge is -2.20. The molecule has 3 aromatic rings. The monoisotopic (exact) mass is 351 g/mol. The first-order valence-electron chi connectivity index (χ1n) is 8.33. The van der Waals surface area contributed by atoms with Gasteiger partial charge in [0.25, 0.3) is 5.91 Å². The molecule has 0 radical (unpaired) electrons. The topological polar surface area (TPSA) is 65.4 Å². The number of amides is 1. The zero-order valence-corrected chi connectivity index (χ0v) is 14.5. The average molecular weight is 351 g/mol. The summed E-state index contributed by atoms with van der Waals surface area (Å²) in [5.41, 5.74) is 0.571. The number of carbonyl (C=O) groups excluding carboxylic acids is 1. The van der Waals surface area contributed by atoms with E-state index < -0.39 is 0 Å². The Morgan fingerprint density at radius 2 is 1.88 bits per heavy atom. The Morgan fingerprint density at radius 3 is 2.54 bits per heavy atom. The Hall–Kier alpha value is -3.28. The highest BCUT2D eigenvalue weighted by atomic mass is 16.5. The minimum Gasteiger partial charge on any atom is -0.497 e. The van der Waals surface area contributed by atoms with Gasteiger partial charge in [-0.05, 0) is 36.4 Å². The van der Waals surface area contributed by atoms with E-state index in [1.165, 1.54) is 0 Å². The van der Waals surface area contributed by atoms with E-state index in [-0.39, 0.29) is 11.9 Å². The van der Waals surface area contributed by atoms with Gasteiger partial charge in [0.15, 0.2) is 0 Å². The highest BCUT2D eigenvalue weighted by Crippen LogP contribution is 2.12. The third-order valence-corrected chi connectivity index (χ3v) is 3.87. The molecular weight excluding hydrogens is 330 g/mol. The summed E-state index contributed by atoms with van der Waals surface area (Å²) in [6.07, 6.45) is 5.28. The van der Waals surface area contributed by atoms with Gasteiger partial charge >= 0.3 is 0 Å². The van der Waals surface area contributed by atoms with Gasteiger partial charge in [-0.1, -0.05) is 18.2 Å². The van der Waals surface area contributed by atoms with Gasteiger partial charge in [0.05, 0.1) is 19.5 Å². The van der Waals surface area contributed by atoms with E-state index in [2.05, 4.69) is 10.3 Å². The maximum absolute atomic E-state index is 12.6. The smallest absolute Gasteiger partial charge is 0.251 e. The van der Waals surface area contributed by atoms with E-state index in [1.54, 1.807) is 43.9 Å². The number of methoxy groups -OCH3 is 1. The van der Waals surface area contributed by atoms with Crippen LogP contribution in [0.25, 0.3) is 0 Å². The third-order valence-electron chi connectivity index (χ3n) is 3.87. The molecular formula is C20H21N3O3. The molecule has 6 heteroatoms. The largest absolute Gasteiger partial charge is 0.497 e. The number of imidazole rings is 1. The van der Waals surface area contributed by atoms with Crippen LogP contribution >= 0.6 is 0 Å². The average Bonchev–Trinajstić information content (AvgIpc) is 3.20. The maximum atomic E-state index is 12.6. The van der Waals surface area contributed by atoms with Gasteiger partial charge < -0.3 is 19.4 Å². The summed E-state index contributed by atoms with van der Waals surface area (Å²) in [5, 5.41) is 3.03. The second-order valence-corrected chi connectivity index (χ2v) is 5.78. The fourth-order valence-corrected chi connectivity index (χ4v) is 2.51. The van der Waals surface area contributed by atoms with Crippen LogP contribution in [0.15, 0.2) is 73.3 Å². The van der Waals surface area contributed by atoms with Crippen molar-refractivity contribution in [3.8, 4) is 11.5 Å². The molecule has 3 rings (SSSR count). The lowest BCUT2D eigenvalue weighted by Crippen LogP contribution is -2.42. The summed E-state index contributed by atoms with van der Waals surface area (Å²) < 4.78 is 12.9. The van der Waals surface area contributed by atoms with E-state index in [1.807, 2.05) is 41.1 Å². The minimum absolute atomic E-state index is 0.158. The number of hydrogen-bond acceptors (Lipinski definition) is 4. The predicted octanol–water partition coefficient (Wildman–Crippen LogP) is 2.77. The van der Waals surface area contributed by atoms with Gasteiger partial charge in [-0.25, -0.2) is 4.98 Å². The van der Waals surface area contributed by atoms with Crippen LogP contribution in [0.1, 0.15) is 10.4 Å². The SMILES string of the molecule is COc1ccc(C(=O)NC(COc2ccccc2)Cn2ccnc2)cc1. The number of aromatic nitrogens is 2. The van der Waals surface area contributed by atoms with Gasteiger partial charge in [-0.2, -0.15) is 0 Å². The molecule has 0 aliphatic carbocycles. The molecule has 6 nitrogen and oxygen atoms in total. The Morgan fingerprint density at radius 1 is 1.12 bits per heavy atom. The first-order valence-corrected chi connectivity index (χ1v) is 8.33. The van der Waals surface area contributed by atoms with Crippen LogP contribution < -0.4 is 14.8 Å². The number of rotatable bonds is 8. The quantitative estimate of drug-likeness (QED) is 0.678. The lowest BCUT2D eigenvalue weighted by atomic mass is 10.2. The van der Waals surface area contributed by atoms with Crippen LogP contribution in [-0.4, -0.2) is 35.2 Å². The van der Waals surface area contributed by atoms with E-state index in [9.17, 15) is 4.79 Å². The summed E-state index contributed by atoms with van der Waals surface area (Å²) in [7, 11) is 1.59. The van der Waals surface area contributed by atoms with Crippen molar-refractivity contribution in [3.63, 3.8) is 0 Å². The van der Waals surface area contributed by atoms with Gasteiger partial charge in [0.2, 0.25) is 0 Å². The fraction of sp³-hybridized carbons (Fsp3) is 0.200. The number of nitrogens with one attached hydrogen (secondary N) is 1. The van der Waals surface area contributed by atoms with Crippen LogP contribution in [-0.2, 0) is 6.54 Å². The van der Waals surface area contributed by atoms with Crippen molar-refractivity contribution in [2.45, 2.75) is 12.6 Å². The van der Waals surface area contributed by atoms with Crippen molar-refractivity contribution in [1.82, 2.24) is 14.9 Å². The molecule has 0 fully saturated rings. The Kier molecular flexibility index (Phi) is 5.88. The molecule has 134 valence electrons. The second-order valence-electron chi connectivity index (χ2n) is 5.78. The second kappa shape index (κ2) is 8.71. The van der Waals surface area contributed by atoms with Gasteiger partial charge in [0.1, 0.15) is 18.1 Å². The molecule has 1 N–H and O–H groups in total. The fourth-order valence-electron chi connectivity index (χ4n) is 2.51. The molecule has 0 bridgehead atoms. The van der Waals surface area contributed by atoms with Crippen LogP contribution in [0.3, 0.4) is 0 Å². The molecule has 1 atom stereocenters. The van der Waals surface area contributed by atoms with E-state index in [0.717, 1.165) is 5.75 Å². The number of benzene rings is 2. The molecule has 1 amide bonds. The van der Waals surface area contributed by atoms with Gasteiger partial charge in [-0.15, -0.1) is 0 Å². The van der Waals surface area contributed by atoms with Crippen molar-refractivity contribution >= 4 is 5.91 Å². The molecule has 0 saturated heterocycles. The van der Waals surface area contributed by atoms with E-state index in [0.29, 0.717) is 24.5 Å². The number of nitrogens with zero attached hydrogens (tertiary/aromatic N) is 2. The van der Waals surface area contributed by atoms with Crippen LogP contribution in [0, 0.1) is 0 Å². The van der Waals surface area contributed by atoms with Crippen molar-refractivity contribution in [3.05, 3.63) is 78.9 Å². The molecule has 26 heavy (non-hydrogen) atoms. The normalized spacial score (nSPS) is 11.6. The number of ether oxygens (including phenoxy) is 2. The minimum atomic E-state index is -0.209. The molecule has 1 heterocycles.